The zero-order valence-corrected chi connectivity index (χ0v) is 14.8. The van der Waals surface area contributed by atoms with Crippen molar-refractivity contribution in [3.63, 3.8) is 0 Å². The summed E-state index contributed by atoms with van der Waals surface area (Å²) >= 11 is 3.35. The average Bonchev–Trinajstić information content (AvgIpc) is 2.88. The zero-order chi connectivity index (χ0) is 17.9. The minimum Gasteiger partial charge on any atom is -0.350 e. The van der Waals surface area contributed by atoms with Gasteiger partial charge in [-0.3, -0.25) is 9.89 Å². The van der Waals surface area contributed by atoms with Crippen molar-refractivity contribution in [1.82, 2.24) is 15.5 Å². The lowest BCUT2D eigenvalue weighted by molar-refractivity contribution is -0.137. The Labute approximate surface area is 146 Å². The summed E-state index contributed by atoms with van der Waals surface area (Å²) in [6.07, 6.45) is -3.91. The summed E-state index contributed by atoms with van der Waals surface area (Å²) in [5.41, 5.74) is 1.14. The van der Waals surface area contributed by atoms with Gasteiger partial charge in [0.25, 0.3) is 5.91 Å². The van der Waals surface area contributed by atoms with Gasteiger partial charge in [-0.1, -0.05) is 26.0 Å². The van der Waals surface area contributed by atoms with E-state index in [-0.39, 0.29) is 17.5 Å². The summed E-state index contributed by atoms with van der Waals surface area (Å²) < 4.78 is 38.1. The highest BCUT2D eigenvalue weighted by Gasteiger charge is 2.29. The highest BCUT2D eigenvalue weighted by molar-refractivity contribution is 9.10. The third-order valence-electron chi connectivity index (χ3n) is 3.51. The van der Waals surface area contributed by atoms with Crippen molar-refractivity contribution in [2.24, 2.45) is 0 Å². The number of hydrogen-bond donors (Lipinski definition) is 2. The van der Waals surface area contributed by atoms with Crippen LogP contribution in [0.2, 0.25) is 0 Å². The number of hydrogen-bond acceptors (Lipinski definition) is 2. The summed E-state index contributed by atoms with van der Waals surface area (Å²) in [4.78, 5) is 12.1. The molecule has 1 aromatic carbocycles. The van der Waals surface area contributed by atoms with Gasteiger partial charge in [0.1, 0.15) is 0 Å². The maximum Gasteiger partial charge on any atom is 0.416 e. The third-order valence-corrected chi connectivity index (χ3v) is 4.31. The number of amides is 1. The first-order valence-electron chi connectivity index (χ1n) is 7.38. The summed E-state index contributed by atoms with van der Waals surface area (Å²) in [6, 6.07) is 4.90. The van der Waals surface area contributed by atoms with Crippen LogP contribution in [0.25, 0.3) is 0 Å². The number of aromatic nitrogens is 2. The summed E-state index contributed by atoms with van der Waals surface area (Å²) in [7, 11) is 0. The second-order valence-electron chi connectivity index (χ2n) is 5.66. The molecular weight excluding hydrogens is 387 g/mol. The van der Waals surface area contributed by atoms with Crippen molar-refractivity contribution in [3.8, 4) is 0 Å². The standard InChI is InChI=1S/C16H17BrF3N3O/c1-9(2)13-12(17)14(23-22-13)15(24)21-8-7-10-3-5-11(6-4-10)16(18,19)20/h3-6,9H,7-8H2,1-2H3,(H,21,24)(H,22,23). The van der Waals surface area contributed by atoms with Crippen molar-refractivity contribution in [3.05, 3.63) is 51.3 Å². The lowest BCUT2D eigenvalue weighted by Crippen LogP contribution is -2.26. The average molecular weight is 404 g/mol. The van der Waals surface area contributed by atoms with Crippen LogP contribution >= 0.6 is 15.9 Å². The summed E-state index contributed by atoms with van der Waals surface area (Å²) in [6.45, 7) is 4.26. The van der Waals surface area contributed by atoms with Gasteiger partial charge in [-0.05, 0) is 46.0 Å². The number of benzene rings is 1. The van der Waals surface area contributed by atoms with Crippen molar-refractivity contribution < 1.29 is 18.0 Å². The number of alkyl halides is 3. The largest absolute Gasteiger partial charge is 0.416 e. The van der Waals surface area contributed by atoms with E-state index in [9.17, 15) is 18.0 Å². The number of rotatable bonds is 5. The quantitative estimate of drug-likeness (QED) is 0.782. The van der Waals surface area contributed by atoms with E-state index in [1.165, 1.54) is 12.1 Å². The van der Waals surface area contributed by atoms with Gasteiger partial charge in [-0.2, -0.15) is 18.3 Å². The number of aromatic amines is 1. The lowest BCUT2D eigenvalue weighted by atomic mass is 10.1. The fourth-order valence-corrected chi connectivity index (χ4v) is 2.95. The molecule has 0 atom stereocenters. The second kappa shape index (κ2) is 7.38. The predicted octanol–water partition coefficient (Wildman–Crippen LogP) is 4.29. The monoisotopic (exact) mass is 403 g/mol. The maximum atomic E-state index is 12.5. The highest BCUT2D eigenvalue weighted by Crippen LogP contribution is 2.29. The Kier molecular flexibility index (Phi) is 5.69. The minimum atomic E-state index is -4.34. The number of H-pyrrole nitrogens is 1. The van der Waals surface area contributed by atoms with Crippen LogP contribution in [0.15, 0.2) is 28.7 Å². The van der Waals surface area contributed by atoms with Crippen LogP contribution in [-0.4, -0.2) is 22.6 Å². The smallest absolute Gasteiger partial charge is 0.350 e. The van der Waals surface area contributed by atoms with Gasteiger partial charge in [-0.15, -0.1) is 0 Å². The van der Waals surface area contributed by atoms with Crippen molar-refractivity contribution >= 4 is 21.8 Å². The molecule has 0 bridgehead atoms. The number of nitrogens with one attached hydrogen (secondary N) is 2. The van der Waals surface area contributed by atoms with Crippen molar-refractivity contribution in [2.75, 3.05) is 6.54 Å². The molecule has 0 unspecified atom stereocenters. The van der Waals surface area contributed by atoms with Gasteiger partial charge in [-0.25, -0.2) is 0 Å². The predicted molar refractivity (Wildman–Crippen MR) is 87.9 cm³/mol. The molecule has 1 aromatic heterocycles. The molecule has 4 nitrogen and oxygen atoms in total. The lowest BCUT2D eigenvalue weighted by Gasteiger charge is -2.08. The van der Waals surface area contributed by atoms with E-state index in [1.54, 1.807) is 0 Å². The molecule has 1 heterocycles. The van der Waals surface area contributed by atoms with Gasteiger partial charge < -0.3 is 5.32 Å². The van der Waals surface area contributed by atoms with E-state index in [2.05, 4.69) is 31.4 Å². The van der Waals surface area contributed by atoms with E-state index in [1.807, 2.05) is 13.8 Å². The van der Waals surface area contributed by atoms with Crippen LogP contribution in [0.3, 0.4) is 0 Å². The second-order valence-corrected chi connectivity index (χ2v) is 6.45. The molecule has 2 rings (SSSR count). The highest BCUT2D eigenvalue weighted by atomic mass is 79.9. The van der Waals surface area contributed by atoms with Crippen LogP contribution in [0, 0.1) is 0 Å². The van der Waals surface area contributed by atoms with Crippen LogP contribution < -0.4 is 5.32 Å². The fourth-order valence-electron chi connectivity index (χ4n) is 2.14. The van der Waals surface area contributed by atoms with E-state index in [4.69, 9.17) is 0 Å². The molecular formula is C16H17BrF3N3O. The fraction of sp³-hybridized carbons (Fsp3) is 0.375. The number of nitrogens with zero attached hydrogens (tertiary/aromatic N) is 1. The molecule has 0 radical (unpaired) electrons. The first kappa shape index (κ1) is 18.5. The molecule has 0 aliphatic rings. The number of carbonyl (C=O) groups excluding carboxylic acids is 1. The van der Waals surface area contributed by atoms with Crippen LogP contribution in [0.1, 0.15) is 47.1 Å². The Hall–Kier alpha value is -1.83. The van der Waals surface area contributed by atoms with E-state index in [0.29, 0.717) is 23.0 Å². The molecule has 130 valence electrons. The van der Waals surface area contributed by atoms with Gasteiger partial charge in [0.05, 0.1) is 15.7 Å². The SMILES string of the molecule is CC(C)c1[nH]nc(C(=O)NCCc2ccc(C(F)(F)F)cc2)c1Br. The Bertz CT molecular complexity index is 708. The van der Waals surface area contributed by atoms with Gasteiger partial charge in [0.2, 0.25) is 0 Å². The van der Waals surface area contributed by atoms with E-state index >= 15 is 0 Å². The molecule has 0 spiro atoms. The molecule has 8 heteroatoms. The number of halogens is 4. The zero-order valence-electron chi connectivity index (χ0n) is 13.2. The molecule has 0 aliphatic heterocycles. The molecule has 24 heavy (non-hydrogen) atoms. The van der Waals surface area contributed by atoms with Gasteiger partial charge in [0.15, 0.2) is 5.69 Å². The van der Waals surface area contributed by atoms with Crippen LogP contribution in [-0.2, 0) is 12.6 Å². The number of carbonyl (C=O) groups is 1. The normalized spacial score (nSPS) is 11.8. The molecule has 1 amide bonds. The molecule has 2 aromatic rings. The Morgan fingerprint density at radius 3 is 2.42 bits per heavy atom. The molecule has 0 fully saturated rings. The molecule has 0 saturated carbocycles. The summed E-state index contributed by atoms with van der Waals surface area (Å²) in [5, 5.41) is 9.52. The topological polar surface area (TPSA) is 57.8 Å². The molecule has 2 N–H and O–H groups in total. The maximum absolute atomic E-state index is 12.5. The minimum absolute atomic E-state index is 0.195. The van der Waals surface area contributed by atoms with Crippen LogP contribution in [0.4, 0.5) is 13.2 Å². The summed E-state index contributed by atoms with van der Waals surface area (Å²) in [5.74, 6) is -0.141. The third kappa shape index (κ3) is 4.37. The first-order chi connectivity index (χ1) is 11.2. The van der Waals surface area contributed by atoms with Crippen molar-refractivity contribution in [1.29, 1.82) is 0 Å². The Balaban J connectivity index is 1.91. The molecule has 0 aliphatic carbocycles. The van der Waals surface area contributed by atoms with Gasteiger partial charge >= 0.3 is 6.18 Å². The van der Waals surface area contributed by atoms with Gasteiger partial charge in [0, 0.05) is 6.54 Å². The Morgan fingerprint density at radius 1 is 1.29 bits per heavy atom. The Morgan fingerprint density at radius 2 is 1.92 bits per heavy atom. The first-order valence-corrected chi connectivity index (χ1v) is 8.17. The molecule has 0 saturated heterocycles. The van der Waals surface area contributed by atoms with E-state index < -0.39 is 11.7 Å². The van der Waals surface area contributed by atoms with E-state index in [0.717, 1.165) is 17.8 Å². The van der Waals surface area contributed by atoms with Crippen LogP contribution in [0.5, 0.6) is 0 Å². The van der Waals surface area contributed by atoms with Crippen molar-refractivity contribution in [2.45, 2.75) is 32.4 Å².